The third kappa shape index (κ3) is 3.32. The molecule has 1 fully saturated rings. The van der Waals surface area contributed by atoms with E-state index in [1.165, 1.54) is 49.9 Å². The standard InChI is InChI=1S/C17H22N2/c1-2-7-17-15(5-1)8-9-16(19-17)6-3-4-14-10-12-18-13-11-14/h1-2,5,7-9,14,18H,3-4,6,10-13H2. The molecule has 0 spiro atoms. The molecular weight excluding hydrogens is 232 g/mol. The molecule has 1 N–H and O–H groups in total. The molecule has 0 bridgehead atoms. The molecule has 0 aliphatic carbocycles. The second-order valence-electron chi connectivity index (χ2n) is 5.58. The number of nitrogens with zero attached hydrogens (tertiary/aromatic N) is 1. The molecule has 19 heavy (non-hydrogen) atoms. The van der Waals surface area contributed by atoms with Crippen LogP contribution in [-0.4, -0.2) is 18.1 Å². The molecule has 2 aromatic rings. The summed E-state index contributed by atoms with van der Waals surface area (Å²) < 4.78 is 0. The van der Waals surface area contributed by atoms with Crippen molar-refractivity contribution >= 4 is 10.9 Å². The van der Waals surface area contributed by atoms with Crippen LogP contribution in [0.1, 0.15) is 31.4 Å². The summed E-state index contributed by atoms with van der Waals surface area (Å²) in [6.45, 7) is 2.41. The summed E-state index contributed by atoms with van der Waals surface area (Å²) in [7, 11) is 0. The van der Waals surface area contributed by atoms with Crippen LogP contribution in [0.3, 0.4) is 0 Å². The fourth-order valence-electron chi connectivity index (χ4n) is 2.99. The van der Waals surface area contributed by atoms with Crippen LogP contribution in [0.4, 0.5) is 0 Å². The van der Waals surface area contributed by atoms with E-state index in [-0.39, 0.29) is 0 Å². The Morgan fingerprint density at radius 3 is 2.79 bits per heavy atom. The third-order valence-corrected chi connectivity index (χ3v) is 4.16. The molecule has 0 amide bonds. The topological polar surface area (TPSA) is 24.9 Å². The number of hydrogen-bond acceptors (Lipinski definition) is 2. The first kappa shape index (κ1) is 12.6. The SMILES string of the molecule is c1ccc2nc(CCCC3CCNCC3)ccc2c1. The molecule has 1 aromatic heterocycles. The van der Waals surface area contributed by atoms with Crippen molar-refractivity contribution in [3.05, 3.63) is 42.1 Å². The average molecular weight is 254 g/mol. The lowest BCUT2D eigenvalue weighted by Gasteiger charge is -2.22. The Kier molecular flexibility index (Phi) is 4.09. The quantitative estimate of drug-likeness (QED) is 0.902. The molecule has 3 rings (SSSR count). The summed E-state index contributed by atoms with van der Waals surface area (Å²) in [4.78, 5) is 4.75. The number of nitrogens with one attached hydrogen (secondary N) is 1. The van der Waals surface area contributed by atoms with E-state index in [1.54, 1.807) is 0 Å². The molecule has 1 aliphatic heterocycles. The Hall–Kier alpha value is -1.41. The van der Waals surface area contributed by atoms with E-state index in [0.29, 0.717) is 0 Å². The second kappa shape index (κ2) is 6.16. The van der Waals surface area contributed by atoms with Crippen molar-refractivity contribution in [1.29, 1.82) is 0 Å². The fourth-order valence-corrected chi connectivity index (χ4v) is 2.99. The Bertz CT molecular complexity index is 530. The second-order valence-corrected chi connectivity index (χ2v) is 5.58. The number of fused-ring (bicyclic) bond motifs is 1. The van der Waals surface area contributed by atoms with Gasteiger partial charge in [-0.1, -0.05) is 24.3 Å². The Morgan fingerprint density at radius 2 is 1.89 bits per heavy atom. The van der Waals surface area contributed by atoms with E-state index in [2.05, 4.69) is 41.7 Å². The van der Waals surface area contributed by atoms with Gasteiger partial charge in [0.1, 0.15) is 0 Å². The van der Waals surface area contributed by atoms with Crippen LogP contribution in [0.5, 0.6) is 0 Å². The van der Waals surface area contributed by atoms with Crippen molar-refractivity contribution in [3.63, 3.8) is 0 Å². The van der Waals surface area contributed by atoms with E-state index in [4.69, 9.17) is 4.98 Å². The zero-order valence-corrected chi connectivity index (χ0v) is 11.4. The van der Waals surface area contributed by atoms with Gasteiger partial charge in [-0.05, 0) is 63.2 Å². The first-order chi connectivity index (χ1) is 9.42. The molecule has 0 atom stereocenters. The van der Waals surface area contributed by atoms with Crippen LogP contribution in [-0.2, 0) is 6.42 Å². The number of rotatable bonds is 4. The zero-order chi connectivity index (χ0) is 12.9. The summed E-state index contributed by atoms with van der Waals surface area (Å²) in [5.41, 5.74) is 2.37. The lowest BCUT2D eigenvalue weighted by atomic mass is 9.92. The van der Waals surface area contributed by atoms with Crippen molar-refractivity contribution in [1.82, 2.24) is 10.3 Å². The van der Waals surface area contributed by atoms with E-state index in [9.17, 15) is 0 Å². The minimum absolute atomic E-state index is 0.932. The largest absolute Gasteiger partial charge is 0.317 e. The predicted octanol–water partition coefficient (Wildman–Crippen LogP) is 3.56. The zero-order valence-electron chi connectivity index (χ0n) is 11.4. The van der Waals surface area contributed by atoms with Gasteiger partial charge in [-0.2, -0.15) is 0 Å². The summed E-state index contributed by atoms with van der Waals surface area (Å²) in [5, 5.41) is 4.67. The molecular formula is C17H22N2. The van der Waals surface area contributed by atoms with Crippen molar-refractivity contribution < 1.29 is 0 Å². The number of aryl methyl sites for hydroxylation is 1. The van der Waals surface area contributed by atoms with E-state index in [0.717, 1.165) is 17.9 Å². The van der Waals surface area contributed by atoms with Gasteiger partial charge in [0, 0.05) is 11.1 Å². The molecule has 1 aromatic carbocycles. The minimum Gasteiger partial charge on any atom is -0.317 e. The van der Waals surface area contributed by atoms with Gasteiger partial charge in [-0.25, -0.2) is 0 Å². The van der Waals surface area contributed by atoms with Gasteiger partial charge in [0.15, 0.2) is 0 Å². The smallest absolute Gasteiger partial charge is 0.0705 e. The molecule has 0 unspecified atom stereocenters. The van der Waals surface area contributed by atoms with Crippen LogP contribution in [0.15, 0.2) is 36.4 Å². The van der Waals surface area contributed by atoms with Crippen LogP contribution in [0, 0.1) is 5.92 Å². The minimum atomic E-state index is 0.932. The Labute approximate surface area is 115 Å². The summed E-state index contributed by atoms with van der Waals surface area (Å²) in [6, 6.07) is 12.7. The molecule has 2 heteroatoms. The lowest BCUT2D eigenvalue weighted by Crippen LogP contribution is -2.27. The van der Waals surface area contributed by atoms with Crippen LogP contribution < -0.4 is 5.32 Å². The van der Waals surface area contributed by atoms with Crippen molar-refractivity contribution in [2.75, 3.05) is 13.1 Å². The number of aromatic nitrogens is 1. The molecule has 100 valence electrons. The van der Waals surface area contributed by atoms with Crippen LogP contribution in [0.25, 0.3) is 10.9 Å². The highest BCUT2D eigenvalue weighted by Gasteiger charge is 2.12. The maximum absolute atomic E-state index is 4.75. The monoisotopic (exact) mass is 254 g/mol. The maximum Gasteiger partial charge on any atom is 0.0705 e. The first-order valence-electron chi connectivity index (χ1n) is 7.47. The average Bonchev–Trinajstić information content (AvgIpc) is 2.48. The van der Waals surface area contributed by atoms with Gasteiger partial charge in [0.05, 0.1) is 5.52 Å². The lowest BCUT2D eigenvalue weighted by molar-refractivity contribution is 0.347. The summed E-state index contributed by atoms with van der Waals surface area (Å²) in [6.07, 6.45) is 6.46. The number of pyridine rings is 1. The Morgan fingerprint density at radius 1 is 1.05 bits per heavy atom. The van der Waals surface area contributed by atoms with Crippen molar-refractivity contribution in [2.24, 2.45) is 5.92 Å². The normalized spacial score (nSPS) is 16.8. The highest BCUT2D eigenvalue weighted by molar-refractivity contribution is 5.78. The maximum atomic E-state index is 4.75. The van der Waals surface area contributed by atoms with E-state index < -0.39 is 0 Å². The molecule has 1 saturated heterocycles. The number of benzene rings is 1. The Balaban J connectivity index is 1.56. The molecule has 2 heterocycles. The third-order valence-electron chi connectivity index (χ3n) is 4.16. The van der Waals surface area contributed by atoms with E-state index >= 15 is 0 Å². The molecule has 0 radical (unpaired) electrons. The van der Waals surface area contributed by atoms with Gasteiger partial charge < -0.3 is 5.32 Å². The van der Waals surface area contributed by atoms with Gasteiger partial charge in [-0.3, -0.25) is 4.98 Å². The van der Waals surface area contributed by atoms with Crippen molar-refractivity contribution in [2.45, 2.75) is 32.1 Å². The van der Waals surface area contributed by atoms with E-state index in [1.807, 2.05) is 0 Å². The highest BCUT2D eigenvalue weighted by atomic mass is 14.9. The highest BCUT2D eigenvalue weighted by Crippen LogP contribution is 2.19. The van der Waals surface area contributed by atoms with Crippen molar-refractivity contribution in [3.8, 4) is 0 Å². The number of hydrogen-bond donors (Lipinski definition) is 1. The molecule has 0 saturated carbocycles. The number of piperidine rings is 1. The molecule has 2 nitrogen and oxygen atoms in total. The van der Waals surface area contributed by atoms with Gasteiger partial charge in [0.25, 0.3) is 0 Å². The van der Waals surface area contributed by atoms with Gasteiger partial charge in [0.2, 0.25) is 0 Å². The summed E-state index contributed by atoms with van der Waals surface area (Å²) in [5.74, 6) is 0.932. The van der Waals surface area contributed by atoms with Gasteiger partial charge in [-0.15, -0.1) is 0 Å². The number of para-hydroxylation sites is 1. The predicted molar refractivity (Wildman–Crippen MR) is 80.3 cm³/mol. The van der Waals surface area contributed by atoms with Crippen LogP contribution >= 0.6 is 0 Å². The fraction of sp³-hybridized carbons (Fsp3) is 0.471. The summed E-state index contributed by atoms with van der Waals surface area (Å²) >= 11 is 0. The van der Waals surface area contributed by atoms with Gasteiger partial charge >= 0.3 is 0 Å². The molecule has 1 aliphatic rings. The van der Waals surface area contributed by atoms with Crippen LogP contribution in [0.2, 0.25) is 0 Å². The first-order valence-corrected chi connectivity index (χ1v) is 7.47.